The molecule has 0 aliphatic carbocycles. The molecule has 1 aromatic carbocycles. The van der Waals surface area contributed by atoms with Gasteiger partial charge in [0.2, 0.25) is 11.8 Å². The lowest BCUT2D eigenvalue weighted by atomic mass is 10.2. The van der Waals surface area contributed by atoms with Gasteiger partial charge in [0.05, 0.1) is 6.26 Å². The van der Waals surface area contributed by atoms with Crippen molar-refractivity contribution in [3.8, 4) is 0 Å². The summed E-state index contributed by atoms with van der Waals surface area (Å²) in [6.07, 6.45) is 4.53. The van der Waals surface area contributed by atoms with Gasteiger partial charge in [-0.3, -0.25) is 9.59 Å². The number of benzene rings is 1. The smallest absolute Gasteiger partial charge is 0.248 e. The van der Waals surface area contributed by atoms with E-state index in [0.29, 0.717) is 11.4 Å². The zero-order valence-electron chi connectivity index (χ0n) is 11.9. The molecule has 0 saturated carbocycles. The molecule has 0 aliphatic heterocycles. The zero-order chi connectivity index (χ0) is 15.2. The summed E-state index contributed by atoms with van der Waals surface area (Å²) in [5.74, 6) is 0.316. The molecule has 0 bridgehead atoms. The van der Waals surface area contributed by atoms with Crippen molar-refractivity contribution in [1.29, 1.82) is 0 Å². The molecule has 108 valence electrons. The van der Waals surface area contributed by atoms with Crippen molar-refractivity contribution < 1.29 is 14.0 Å². The van der Waals surface area contributed by atoms with Gasteiger partial charge in [-0.1, -0.05) is 0 Å². The molecule has 0 saturated heterocycles. The first-order chi connectivity index (χ1) is 10.1. The van der Waals surface area contributed by atoms with Gasteiger partial charge in [0.1, 0.15) is 5.76 Å². The lowest BCUT2D eigenvalue weighted by Crippen LogP contribution is -2.22. The van der Waals surface area contributed by atoms with Crippen LogP contribution in [-0.2, 0) is 9.59 Å². The lowest BCUT2D eigenvalue weighted by Gasteiger charge is -2.15. The molecule has 0 atom stereocenters. The topological polar surface area (TPSA) is 62.6 Å². The minimum Gasteiger partial charge on any atom is -0.465 e. The fraction of sp³-hybridized carbons (Fsp3) is 0.125. The van der Waals surface area contributed by atoms with E-state index in [1.165, 1.54) is 17.9 Å². The molecule has 0 aliphatic rings. The summed E-state index contributed by atoms with van der Waals surface area (Å²) < 4.78 is 5.09. The molecular formula is C16H16N2O3. The fourth-order valence-corrected chi connectivity index (χ4v) is 1.68. The first-order valence-corrected chi connectivity index (χ1v) is 6.43. The fourth-order valence-electron chi connectivity index (χ4n) is 1.68. The van der Waals surface area contributed by atoms with E-state index >= 15 is 0 Å². The van der Waals surface area contributed by atoms with Gasteiger partial charge in [-0.15, -0.1) is 0 Å². The van der Waals surface area contributed by atoms with Gasteiger partial charge in [0.25, 0.3) is 0 Å². The normalized spacial score (nSPS) is 10.6. The molecular weight excluding hydrogens is 268 g/mol. The first-order valence-electron chi connectivity index (χ1n) is 6.43. The third kappa shape index (κ3) is 4.07. The highest BCUT2D eigenvalue weighted by Crippen LogP contribution is 2.17. The number of carbonyl (C=O) groups excluding carboxylic acids is 2. The van der Waals surface area contributed by atoms with E-state index in [2.05, 4.69) is 5.32 Å². The molecule has 0 radical (unpaired) electrons. The second-order valence-electron chi connectivity index (χ2n) is 4.46. The van der Waals surface area contributed by atoms with Crippen molar-refractivity contribution in [1.82, 2.24) is 0 Å². The largest absolute Gasteiger partial charge is 0.465 e. The molecule has 2 amide bonds. The number of hydrogen-bond donors (Lipinski definition) is 1. The molecule has 0 spiro atoms. The quantitative estimate of drug-likeness (QED) is 0.878. The molecule has 0 fully saturated rings. The maximum atomic E-state index is 11.7. The van der Waals surface area contributed by atoms with Crippen LogP contribution >= 0.6 is 0 Å². The summed E-state index contributed by atoms with van der Waals surface area (Å²) in [4.78, 5) is 24.5. The summed E-state index contributed by atoms with van der Waals surface area (Å²) in [5, 5.41) is 2.73. The van der Waals surface area contributed by atoms with Crippen molar-refractivity contribution in [3.05, 3.63) is 54.5 Å². The molecule has 0 unspecified atom stereocenters. The van der Waals surface area contributed by atoms with Crippen molar-refractivity contribution >= 4 is 29.3 Å². The predicted molar refractivity (Wildman–Crippen MR) is 81.9 cm³/mol. The molecule has 1 N–H and O–H groups in total. The van der Waals surface area contributed by atoms with Crippen LogP contribution in [0.4, 0.5) is 11.4 Å². The molecule has 2 rings (SSSR count). The van der Waals surface area contributed by atoms with Gasteiger partial charge in [0, 0.05) is 31.4 Å². The Morgan fingerprint density at radius 2 is 1.90 bits per heavy atom. The standard InChI is InChI=1S/C16H16N2O3/c1-12(19)18(2)14-7-5-13(6-8-14)17-16(20)10-9-15-4-3-11-21-15/h3-11H,1-2H3,(H,17,20). The Hall–Kier alpha value is -2.82. The third-order valence-electron chi connectivity index (χ3n) is 2.94. The van der Waals surface area contributed by atoms with Crippen molar-refractivity contribution in [2.45, 2.75) is 6.92 Å². The highest BCUT2D eigenvalue weighted by molar-refractivity contribution is 6.02. The summed E-state index contributed by atoms with van der Waals surface area (Å²) in [6, 6.07) is 10.5. The number of amides is 2. The van der Waals surface area contributed by atoms with Gasteiger partial charge in [-0.25, -0.2) is 0 Å². The van der Waals surface area contributed by atoms with E-state index in [1.54, 1.807) is 55.8 Å². The molecule has 5 heteroatoms. The average Bonchev–Trinajstić information content (AvgIpc) is 2.98. The van der Waals surface area contributed by atoms with Crippen LogP contribution < -0.4 is 10.2 Å². The first kappa shape index (κ1) is 14.6. The molecule has 2 aromatic rings. The van der Waals surface area contributed by atoms with Gasteiger partial charge >= 0.3 is 0 Å². The van der Waals surface area contributed by atoms with Crippen LogP contribution in [0.15, 0.2) is 53.2 Å². The van der Waals surface area contributed by atoms with Crippen LogP contribution in [0.25, 0.3) is 6.08 Å². The number of furan rings is 1. The van der Waals surface area contributed by atoms with E-state index in [-0.39, 0.29) is 11.8 Å². The third-order valence-corrected chi connectivity index (χ3v) is 2.94. The molecule has 1 aromatic heterocycles. The van der Waals surface area contributed by atoms with Gasteiger partial charge in [-0.2, -0.15) is 0 Å². The number of anilines is 2. The van der Waals surface area contributed by atoms with Crippen LogP contribution in [0.5, 0.6) is 0 Å². The number of rotatable bonds is 4. The van der Waals surface area contributed by atoms with Gasteiger partial charge in [0.15, 0.2) is 0 Å². The maximum absolute atomic E-state index is 11.7. The molecule has 1 heterocycles. The number of nitrogens with zero attached hydrogens (tertiary/aromatic N) is 1. The number of nitrogens with one attached hydrogen (secondary N) is 1. The second kappa shape index (κ2) is 6.56. The van der Waals surface area contributed by atoms with Crippen LogP contribution in [0.2, 0.25) is 0 Å². The van der Waals surface area contributed by atoms with E-state index in [1.807, 2.05) is 0 Å². The highest BCUT2D eigenvalue weighted by Gasteiger charge is 2.05. The van der Waals surface area contributed by atoms with E-state index in [9.17, 15) is 9.59 Å². The Balaban J connectivity index is 1.97. The Morgan fingerprint density at radius 3 is 2.48 bits per heavy atom. The van der Waals surface area contributed by atoms with Crippen LogP contribution in [0, 0.1) is 0 Å². The summed E-state index contributed by atoms with van der Waals surface area (Å²) in [5.41, 5.74) is 1.43. The van der Waals surface area contributed by atoms with E-state index in [4.69, 9.17) is 4.42 Å². The summed E-state index contributed by atoms with van der Waals surface area (Å²) >= 11 is 0. The molecule has 5 nitrogen and oxygen atoms in total. The summed E-state index contributed by atoms with van der Waals surface area (Å²) in [7, 11) is 1.70. The number of carbonyl (C=O) groups is 2. The SMILES string of the molecule is CC(=O)N(C)c1ccc(NC(=O)C=Cc2ccco2)cc1. The Bertz CT molecular complexity index is 643. The minimum atomic E-state index is -0.251. The Labute approximate surface area is 122 Å². The van der Waals surface area contributed by atoms with Gasteiger partial charge < -0.3 is 14.6 Å². The van der Waals surface area contributed by atoms with Gasteiger partial charge in [-0.05, 0) is 42.5 Å². The van der Waals surface area contributed by atoms with Crippen molar-refractivity contribution in [2.24, 2.45) is 0 Å². The molecule has 21 heavy (non-hydrogen) atoms. The van der Waals surface area contributed by atoms with Crippen molar-refractivity contribution in [3.63, 3.8) is 0 Å². The summed E-state index contributed by atoms with van der Waals surface area (Å²) in [6.45, 7) is 1.50. The van der Waals surface area contributed by atoms with Crippen LogP contribution in [0.1, 0.15) is 12.7 Å². The maximum Gasteiger partial charge on any atom is 0.248 e. The predicted octanol–water partition coefficient (Wildman–Crippen LogP) is 2.91. The highest BCUT2D eigenvalue weighted by atomic mass is 16.3. The Kier molecular flexibility index (Phi) is 4.56. The van der Waals surface area contributed by atoms with E-state index in [0.717, 1.165) is 5.69 Å². The van der Waals surface area contributed by atoms with Crippen LogP contribution in [0.3, 0.4) is 0 Å². The number of hydrogen-bond acceptors (Lipinski definition) is 3. The van der Waals surface area contributed by atoms with E-state index < -0.39 is 0 Å². The average molecular weight is 284 g/mol. The monoisotopic (exact) mass is 284 g/mol. The van der Waals surface area contributed by atoms with Crippen LogP contribution in [-0.4, -0.2) is 18.9 Å². The van der Waals surface area contributed by atoms with Crippen molar-refractivity contribution in [2.75, 3.05) is 17.3 Å². The lowest BCUT2D eigenvalue weighted by molar-refractivity contribution is -0.116. The Morgan fingerprint density at radius 1 is 1.19 bits per heavy atom. The zero-order valence-corrected chi connectivity index (χ0v) is 11.9. The second-order valence-corrected chi connectivity index (χ2v) is 4.46. The minimum absolute atomic E-state index is 0.0480.